The molecule has 1 rings (SSSR count). The first-order valence-corrected chi connectivity index (χ1v) is 4.84. The summed E-state index contributed by atoms with van der Waals surface area (Å²) in [5, 5.41) is 1.08. The minimum absolute atomic E-state index is 0.325. The number of methoxy groups -OCH3 is 1. The molecule has 0 N–H and O–H groups in total. The van der Waals surface area contributed by atoms with E-state index in [-0.39, 0.29) is 5.97 Å². The summed E-state index contributed by atoms with van der Waals surface area (Å²) in [5.74, 6) is -0.722. The van der Waals surface area contributed by atoms with Gasteiger partial charge in [-0.2, -0.15) is 0 Å². The predicted octanol–water partition coefficient (Wildman–Crippen LogP) is 3.27. The minimum atomic E-state index is -0.397. The quantitative estimate of drug-likeness (QED) is 0.732. The van der Waals surface area contributed by atoms with Gasteiger partial charge >= 0.3 is 5.97 Å². The van der Waals surface area contributed by atoms with Crippen molar-refractivity contribution in [3.05, 3.63) is 33.8 Å². The summed E-state index contributed by atoms with van der Waals surface area (Å²) >= 11 is 11.7. The van der Waals surface area contributed by atoms with Crippen molar-refractivity contribution in [2.75, 3.05) is 7.11 Å². The van der Waals surface area contributed by atoms with Crippen LogP contribution in [0.25, 0.3) is 0 Å². The lowest BCUT2D eigenvalue weighted by atomic mass is 10.0. The van der Waals surface area contributed by atoms with Gasteiger partial charge in [0.2, 0.25) is 0 Å². The fourth-order valence-electron chi connectivity index (χ4n) is 1.15. The van der Waals surface area contributed by atoms with Crippen molar-refractivity contribution in [1.82, 2.24) is 0 Å². The molecule has 1 aromatic rings. The Morgan fingerprint density at radius 3 is 2.64 bits per heavy atom. The zero-order chi connectivity index (χ0) is 10.7. The summed E-state index contributed by atoms with van der Waals surface area (Å²) < 4.78 is 4.62. The molecule has 0 aliphatic heterocycles. The molecule has 1 atom stereocenters. The average molecular weight is 233 g/mol. The number of hydrogen-bond acceptors (Lipinski definition) is 2. The zero-order valence-electron chi connectivity index (χ0n) is 7.88. The summed E-state index contributed by atoms with van der Waals surface area (Å²) in [6.45, 7) is 1.73. The third kappa shape index (κ3) is 2.40. The molecule has 0 saturated heterocycles. The summed E-state index contributed by atoms with van der Waals surface area (Å²) in [7, 11) is 1.34. The molecule has 14 heavy (non-hydrogen) atoms. The van der Waals surface area contributed by atoms with Gasteiger partial charge in [-0.1, -0.05) is 23.2 Å². The fraction of sp³-hybridized carbons (Fsp3) is 0.300. The molecule has 0 aliphatic carbocycles. The number of benzene rings is 1. The van der Waals surface area contributed by atoms with Gasteiger partial charge in [-0.25, -0.2) is 0 Å². The standard InChI is InChI=1S/C10H10Cl2O2/c1-6(10(13)14-2)8-5-7(11)3-4-9(8)12/h3-6H,1-2H3. The molecule has 0 spiro atoms. The van der Waals surface area contributed by atoms with Crippen molar-refractivity contribution >= 4 is 29.2 Å². The van der Waals surface area contributed by atoms with Crippen molar-refractivity contribution in [2.24, 2.45) is 0 Å². The highest BCUT2D eigenvalue weighted by Gasteiger charge is 2.18. The smallest absolute Gasteiger partial charge is 0.312 e. The maximum Gasteiger partial charge on any atom is 0.312 e. The van der Waals surface area contributed by atoms with Crippen LogP contribution in [0, 0.1) is 0 Å². The van der Waals surface area contributed by atoms with E-state index in [1.54, 1.807) is 25.1 Å². The second-order valence-corrected chi connectivity index (χ2v) is 3.75. The van der Waals surface area contributed by atoms with Gasteiger partial charge in [0.25, 0.3) is 0 Å². The van der Waals surface area contributed by atoms with E-state index < -0.39 is 5.92 Å². The first-order valence-electron chi connectivity index (χ1n) is 4.09. The van der Waals surface area contributed by atoms with Gasteiger partial charge in [0.15, 0.2) is 0 Å². The number of esters is 1. The summed E-state index contributed by atoms with van der Waals surface area (Å²) in [5.41, 5.74) is 0.686. The van der Waals surface area contributed by atoms with Gasteiger partial charge in [-0.3, -0.25) is 4.79 Å². The number of halogens is 2. The van der Waals surface area contributed by atoms with Crippen LogP contribution in [0.4, 0.5) is 0 Å². The Labute approximate surface area is 92.8 Å². The topological polar surface area (TPSA) is 26.3 Å². The molecule has 2 nitrogen and oxygen atoms in total. The molecular formula is C10H10Cl2O2. The van der Waals surface area contributed by atoms with Crippen LogP contribution < -0.4 is 0 Å². The summed E-state index contributed by atoms with van der Waals surface area (Å²) in [6.07, 6.45) is 0. The predicted molar refractivity (Wildman–Crippen MR) is 56.9 cm³/mol. The van der Waals surface area contributed by atoms with Crippen LogP contribution in [-0.2, 0) is 9.53 Å². The first-order chi connectivity index (χ1) is 6.56. The lowest BCUT2D eigenvalue weighted by molar-refractivity contribution is -0.141. The number of rotatable bonds is 2. The maximum absolute atomic E-state index is 11.3. The van der Waals surface area contributed by atoms with Crippen molar-refractivity contribution in [2.45, 2.75) is 12.8 Å². The number of hydrogen-bond donors (Lipinski definition) is 0. The highest BCUT2D eigenvalue weighted by atomic mass is 35.5. The van der Waals surface area contributed by atoms with E-state index in [1.165, 1.54) is 7.11 Å². The highest BCUT2D eigenvalue weighted by molar-refractivity contribution is 6.33. The Hall–Kier alpha value is -0.730. The lowest BCUT2D eigenvalue weighted by Gasteiger charge is -2.11. The van der Waals surface area contributed by atoms with E-state index in [0.29, 0.717) is 15.6 Å². The molecular weight excluding hydrogens is 223 g/mol. The van der Waals surface area contributed by atoms with Crippen molar-refractivity contribution in [3.8, 4) is 0 Å². The maximum atomic E-state index is 11.3. The van der Waals surface area contributed by atoms with E-state index in [9.17, 15) is 4.79 Å². The third-order valence-corrected chi connectivity index (χ3v) is 2.56. The third-order valence-electron chi connectivity index (χ3n) is 1.98. The molecule has 0 heterocycles. The Morgan fingerprint density at radius 1 is 1.43 bits per heavy atom. The number of carbonyl (C=O) groups is 1. The van der Waals surface area contributed by atoms with Crippen LogP contribution >= 0.6 is 23.2 Å². The second-order valence-electron chi connectivity index (χ2n) is 2.91. The zero-order valence-corrected chi connectivity index (χ0v) is 9.39. The van der Waals surface area contributed by atoms with Crippen LogP contribution in [0.1, 0.15) is 18.4 Å². The van der Waals surface area contributed by atoms with Crippen LogP contribution in [0.15, 0.2) is 18.2 Å². The molecule has 0 fully saturated rings. The molecule has 0 aromatic heterocycles. The van der Waals surface area contributed by atoms with Gasteiger partial charge in [0.05, 0.1) is 13.0 Å². The van der Waals surface area contributed by atoms with Gasteiger partial charge in [0.1, 0.15) is 0 Å². The Balaban J connectivity index is 3.05. The van der Waals surface area contributed by atoms with Crippen LogP contribution in [0.2, 0.25) is 10.0 Å². The van der Waals surface area contributed by atoms with E-state index >= 15 is 0 Å². The molecule has 1 aromatic carbocycles. The van der Waals surface area contributed by atoms with E-state index in [4.69, 9.17) is 23.2 Å². The monoisotopic (exact) mass is 232 g/mol. The molecule has 0 aliphatic rings. The highest BCUT2D eigenvalue weighted by Crippen LogP contribution is 2.28. The number of ether oxygens (including phenoxy) is 1. The molecule has 4 heteroatoms. The van der Waals surface area contributed by atoms with Crippen LogP contribution in [0.3, 0.4) is 0 Å². The van der Waals surface area contributed by atoms with Crippen molar-refractivity contribution in [1.29, 1.82) is 0 Å². The van der Waals surface area contributed by atoms with Crippen LogP contribution in [0.5, 0.6) is 0 Å². The lowest BCUT2D eigenvalue weighted by Crippen LogP contribution is -2.11. The van der Waals surface area contributed by atoms with Crippen molar-refractivity contribution in [3.63, 3.8) is 0 Å². The van der Waals surface area contributed by atoms with E-state index in [2.05, 4.69) is 4.74 Å². The SMILES string of the molecule is COC(=O)C(C)c1cc(Cl)ccc1Cl. The van der Waals surface area contributed by atoms with Gasteiger partial charge < -0.3 is 4.74 Å². The second kappa shape index (κ2) is 4.67. The van der Waals surface area contributed by atoms with E-state index in [1.807, 2.05) is 0 Å². The van der Waals surface area contributed by atoms with Gasteiger partial charge in [0, 0.05) is 10.0 Å². The van der Waals surface area contributed by atoms with Crippen LogP contribution in [-0.4, -0.2) is 13.1 Å². The summed E-state index contributed by atoms with van der Waals surface area (Å²) in [6, 6.07) is 5.02. The average Bonchev–Trinajstić information content (AvgIpc) is 2.19. The Bertz CT molecular complexity index is 350. The van der Waals surface area contributed by atoms with Crippen molar-refractivity contribution < 1.29 is 9.53 Å². The molecule has 0 bridgehead atoms. The summed E-state index contributed by atoms with van der Waals surface area (Å²) in [4.78, 5) is 11.3. The van der Waals surface area contributed by atoms with E-state index in [0.717, 1.165) is 0 Å². The largest absolute Gasteiger partial charge is 0.469 e. The first kappa shape index (κ1) is 11.3. The van der Waals surface area contributed by atoms with Gasteiger partial charge in [-0.15, -0.1) is 0 Å². The normalized spacial score (nSPS) is 12.3. The minimum Gasteiger partial charge on any atom is -0.469 e. The molecule has 0 saturated carbocycles. The molecule has 76 valence electrons. The molecule has 1 unspecified atom stereocenters. The molecule has 0 amide bonds. The number of carbonyl (C=O) groups excluding carboxylic acids is 1. The Kier molecular flexibility index (Phi) is 3.78. The Morgan fingerprint density at radius 2 is 2.07 bits per heavy atom. The van der Waals surface area contributed by atoms with Gasteiger partial charge in [-0.05, 0) is 30.7 Å². The molecule has 0 radical (unpaired) electrons. The fourth-order valence-corrected chi connectivity index (χ4v) is 1.61.